The quantitative estimate of drug-likeness (QED) is 0.781. The van der Waals surface area contributed by atoms with Gasteiger partial charge in [-0.05, 0) is 39.3 Å². The molecule has 1 fully saturated rings. The molecule has 8 heteroatoms. The first kappa shape index (κ1) is 20.6. The highest BCUT2D eigenvalue weighted by atomic mass is 35.5. The van der Waals surface area contributed by atoms with Crippen LogP contribution in [0.5, 0.6) is 0 Å². The van der Waals surface area contributed by atoms with Crippen LogP contribution in [0.3, 0.4) is 0 Å². The Kier molecular flexibility index (Phi) is 5.95. The molecule has 2 aromatic rings. The van der Waals surface area contributed by atoms with E-state index in [9.17, 15) is 4.79 Å². The molecule has 3 rings (SSSR count). The summed E-state index contributed by atoms with van der Waals surface area (Å²) in [6.07, 6.45) is -0.293. The zero-order chi connectivity index (χ0) is 20.5. The van der Waals surface area contributed by atoms with Gasteiger partial charge in [0.2, 0.25) is 0 Å². The van der Waals surface area contributed by atoms with Gasteiger partial charge in [-0.2, -0.15) is 0 Å². The van der Waals surface area contributed by atoms with E-state index in [-0.39, 0.29) is 12.1 Å². The van der Waals surface area contributed by atoms with Crippen molar-refractivity contribution in [1.82, 2.24) is 24.6 Å². The minimum Gasteiger partial charge on any atom is -0.444 e. The lowest BCUT2D eigenvalue weighted by molar-refractivity contribution is 0.00150. The van der Waals surface area contributed by atoms with Crippen LogP contribution in [0.1, 0.15) is 44.0 Å². The molecule has 1 amide bonds. The number of piperazine rings is 1. The zero-order valence-corrected chi connectivity index (χ0v) is 17.9. The summed E-state index contributed by atoms with van der Waals surface area (Å²) >= 11 is 6.50. The van der Waals surface area contributed by atoms with E-state index in [2.05, 4.69) is 15.1 Å². The predicted octanol–water partition coefficient (Wildman–Crippen LogP) is 3.57. The van der Waals surface area contributed by atoms with Gasteiger partial charge in [-0.25, -0.2) is 4.79 Å². The van der Waals surface area contributed by atoms with E-state index in [1.807, 2.05) is 63.6 Å². The fourth-order valence-electron chi connectivity index (χ4n) is 3.31. The van der Waals surface area contributed by atoms with Crippen molar-refractivity contribution in [2.75, 3.05) is 19.6 Å². The van der Waals surface area contributed by atoms with E-state index in [1.165, 1.54) is 0 Å². The van der Waals surface area contributed by atoms with Gasteiger partial charge in [0, 0.05) is 31.7 Å². The number of ether oxygens (including phenoxy) is 1. The van der Waals surface area contributed by atoms with Crippen molar-refractivity contribution in [3.8, 4) is 0 Å². The first-order chi connectivity index (χ1) is 13.2. The molecule has 2 heterocycles. The van der Waals surface area contributed by atoms with Gasteiger partial charge in [-0.15, -0.1) is 10.2 Å². The highest BCUT2D eigenvalue weighted by Gasteiger charge is 2.34. The zero-order valence-electron chi connectivity index (χ0n) is 17.1. The Bertz CT molecular complexity index is 845. The second kappa shape index (κ2) is 8.09. The van der Waals surface area contributed by atoms with Gasteiger partial charge in [-0.1, -0.05) is 29.8 Å². The van der Waals surface area contributed by atoms with Gasteiger partial charge in [0.05, 0.1) is 12.6 Å². The summed E-state index contributed by atoms with van der Waals surface area (Å²) in [6.45, 7) is 10.00. The Morgan fingerprint density at radius 3 is 2.57 bits per heavy atom. The van der Waals surface area contributed by atoms with E-state index >= 15 is 0 Å². The summed E-state index contributed by atoms with van der Waals surface area (Å²) in [6, 6.07) is 7.73. The first-order valence-electron chi connectivity index (χ1n) is 9.47. The maximum absolute atomic E-state index is 12.6. The van der Waals surface area contributed by atoms with E-state index in [1.54, 1.807) is 4.90 Å². The molecular weight excluding hydrogens is 378 g/mol. The number of carbonyl (C=O) groups excluding carboxylic acids is 1. The summed E-state index contributed by atoms with van der Waals surface area (Å²) in [7, 11) is 1.96. The highest BCUT2D eigenvalue weighted by molar-refractivity contribution is 6.31. The van der Waals surface area contributed by atoms with Crippen LogP contribution in [0.25, 0.3) is 0 Å². The number of hydrogen-bond acceptors (Lipinski definition) is 5. The van der Waals surface area contributed by atoms with Crippen molar-refractivity contribution in [2.45, 2.75) is 45.9 Å². The van der Waals surface area contributed by atoms with Crippen LogP contribution in [0.4, 0.5) is 4.79 Å². The second-order valence-corrected chi connectivity index (χ2v) is 8.56. The van der Waals surface area contributed by atoms with Crippen LogP contribution >= 0.6 is 11.6 Å². The van der Waals surface area contributed by atoms with Crippen LogP contribution in [-0.2, 0) is 18.3 Å². The SMILES string of the molecule is Cc1nnc(CN2CCN(C(=O)OC(C)(C)C)C[C@@H]2c2ccccc2Cl)n1C. The minimum atomic E-state index is -0.524. The number of hydrogen-bond donors (Lipinski definition) is 0. The minimum absolute atomic E-state index is 0.0491. The van der Waals surface area contributed by atoms with E-state index in [0.717, 1.165) is 17.2 Å². The van der Waals surface area contributed by atoms with Crippen LogP contribution in [0, 0.1) is 6.92 Å². The van der Waals surface area contributed by atoms with Crippen molar-refractivity contribution in [3.63, 3.8) is 0 Å². The molecule has 1 saturated heterocycles. The van der Waals surface area contributed by atoms with Crippen molar-refractivity contribution < 1.29 is 9.53 Å². The normalized spacial score (nSPS) is 18.4. The third-order valence-corrected chi connectivity index (χ3v) is 5.28. The van der Waals surface area contributed by atoms with Crippen molar-refractivity contribution in [2.24, 2.45) is 7.05 Å². The Hall–Kier alpha value is -2.12. The summed E-state index contributed by atoms with van der Waals surface area (Å²) in [5.74, 6) is 1.76. The smallest absolute Gasteiger partial charge is 0.410 e. The number of halogens is 1. The molecule has 1 aliphatic rings. The van der Waals surface area contributed by atoms with Crippen LogP contribution in [0.15, 0.2) is 24.3 Å². The summed E-state index contributed by atoms with van der Waals surface area (Å²) in [5.41, 5.74) is 0.473. The third kappa shape index (κ3) is 4.64. The molecule has 0 saturated carbocycles. The molecule has 7 nitrogen and oxygen atoms in total. The number of rotatable bonds is 3. The number of aryl methyl sites for hydroxylation is 1. The maximum Gasteiger partial charge on any atom is 0.410 e. The maximum atomic E-state index is 12.6. The molecule has 152 valence electrons. The highest BCUT2D eigenvalue weighted by Crippen LogP contribution is 2.32. The third-order valence-electron chi connectivity index (χ3n) is 4.93. The first-order valence-corrected chi connectivity index (χ1v) is 9.85. The Morgan fingerprint density at radius 1 is 1.25 bits per heavy atom. The monoisotopic (exact) mass is 405 g/mol. The average molecular weight is 406 g/mol. The molecule has 0 N–H and O–H groups in total. The number of amides is 1. The summed E-state index contributed by atoms with van der Waals surface area (Å²) in [5, 5.41) is 9.14. The molecule has 28 heavy (non-hydrogen) atoms. The van der Waals surface area contributed by atoms with Gasteiger partial charge in [-0.3, -0.25) is 4.90 Å². The van der Waals surface area contributed by atoms with E-state index < -0.39 is 5.60 Å². The predicted molar refractivity (Wildman–Crippen MR) is 108 cm³/mol. The summed E-state index contributed by atoms with van der Waals surface area (Å²) < 4.78 is 7.57. The molecular formula is C20H28ClN5O2. The Labute approximate surface area is 171 Å². The lowest BCUT2D eigenvalue weighted by Crippen LogP contribution is -2.51. The molecule has 0 spiro atoms. The largest absolute Gasteiger partial charge is 0.444 e. The fourth-order valence-corrected chi connectivity index (χ4v) is 3.57. The molecule has 1 aromatic heterocycles. The standard InChI is InChI=1S/C20H28ClN5O2/c1-14-22-23-18(24(14)5)13-25-10-11-26(19(27)28-20(2,3)4)12-17(25)15-8-6-7-9-16(15)21/h6-9,17H,10-13H2,1-5H3/t17-/m1/s1. The number of nitrogens with zero attached hydrogens (tertiary/aromatic N) is 5. The fraction of sp³-hybridized carbons (Fsp3) is 0.550. The second-order valence-electron chi connectivity index (χ2n) is 8.16. The lowest BCUT2D eigenvalue weighted by Gasteiger charge is -2.41. The van der Waals surface area contributed by atoms with Gasteiger partial charge in [0.1, 0.15) is 17.2 Å². The average Bonchev–Trinajstić information content (AvgIpc) is 2.93. The van der Waals surface area contributed by atoms with Crippen molar-refractivity contribution in [1.29, 1.82) is 0 Å². The van der Waals surface area contributed by atoms with Gasteiger partial charge < -0.3 is 14.2 Å². The molecule has 1 aromatic carbocycles. The molecule has 1 atom stereocenters. The number of benzene rings is 1. The van der Waals surface area contributed by atoms with Gasteiger partial charge in [0.15, 0.2) is 0 Å². The molecule has 0 aliphatic carbocycles. The van der Waals surface area contributed by atoms with E-state index in [4.69, 9.17) is 16.3 Å². The molecule has 1 aliphatic heterocycles. The van der Waals surface area contributed by atoms with Crippen molar-refractivity contribution >= 4 is 17.7 Å². The number of carbonyl (C=O) groups is 1. The topological polar surface area (TPSA) is 63.5 Å². The number of aromatic nitrogens is 3. The lowest BCUT2D eigenvalue weighted by atomic mass is 10.0. The Morgan fingerprint density at radius 2 is 1.96 bits per heavy atom. The van der Waals surface area contributed by atoms with Crippen LogP contribution < -0.4 is 0 Å². The Balaban J connectivity index is 1.85. The van der Waals surface area contributed by atoms with Gasteiger partial charge in [0.25, 0.3) is 0 Å². The van der Waals surface area contributed by atoms with Gasteiger partial charge >= 0.3 is 6.09 Å². The van der Waals surface area contributed by atoms with E-state index in [0.29, 0.717) is 31.2 Å². The van der Waals surface area contributed by atoms with Crippen LogP contribution in [-0.4, -0.2) is 55.9 Å². The molecule has 0 unspecified atom stereocenters. The molecule has 0 bridgehead atoms. The summed E-state index contributed by atoms with van der Waals surface area (Å²) in [4.78, 5) is 16.7. The molecule has 0 radical (unpaired) electrons. The van der Waals surface area contributed by atoms with Crippen molar-refractivity contribution in [3.05, 3.63) is 46.5 Å². The van der Waals surface area contributed by atoms with Crippen LogP contribution in [0.2, 0.25) is 5.02 Å².